The van der Waals surface area contributed by atoms with Crippen LogP contribution in [0.2, 0.25) is 0 Å². The van der Waals surface area contributed by atoms with Gasteiger partial charge < -0.3 is 24.1 Å². The molecule has 0 bridgehead atoms. The molecule has 3 aromatic carbocycles. The number of fused-ring (bicyclic) bond motifs is 1. The highest BCUT2D eigenvalue weighted by molar-refractivity contribution is 7.22. The summed E-state index contributed by atoms with van der Waals surface area (Å²) in [5.74, 6) is 0.177. The molecule has 0 unspecified atom stereocenters. The number of hydrogen-bond donors (Lipinski definition) is 1. The average Bonchev–Trinajstić information content (AvgIpc) is 3.49. The second-order valence-corrected chi connectivity index (χ2v) is 9.57. The number of anilines is 1. The standard InChI is InChI=1S/C29H26N2O7S/c1-5-38-19-10-12-21-23(15-19)39-29(30-21)31-25(20-14-18(36-3)11-13-22(20)37-4)24(27(33)28(31)34)26(32)16-6-8-17(35-2)9-7-16/h6-15,25,32H,5H2,1-4H3/t25-/m1/s1. The number of carbonyl (C=O) groups excluding carboxylic acids is 2. The van der Waals surface area contributed by atoms with E-state index >= 15 is 0 Å². The van der Waals surface area contributed by atoms with Crippen molar-refractivity contribution in [3.05, 3.63) is 77.4 Å². The predicted octanol–water partition coefficient (Wildman–Crippen LogP) is 5.35. The monoisotopic (exact) mass is 546 g/mol. The first-order valence-electron chi connectivity index (χ1n) is 12.1. The van der Waals surface area contributed by atoms with Crippen molar-refractivity contribution in [2.24, 2.45) is 0 Å². The summed E-state index contributed by atoms with van der Waals surface area (Å²) >= 11 is 1.25. The van der Waals surface area contributed by atoms with Crippen molar-refractivity contribution in [2.75, 3.05) is 32.8 Å². The Balaban J connectivity index is 1.74. The van der Waals surface area contributed by atoms with Gasteiger partial charge in [0.25, 0.3) is 5.78 Å². The number of thiazole rings is 1. The highest BCUT2D eigenvalue weighted by Gasteiger charge is 2.49. The Labute approximate surface area is 228 Å². The lowest BCUT2D eigenvalue weighted by molar-refractivity contribution is -0.132. The van der Waals surface area contributed by atoms with E-state index in [1.165, 1.54) is 37.6 Å². The molecule has 2 heterocycles. The highest BCUT2D eigenvalue weighted by atomic mass is 32.1. The maximum absolute atomic E-state index is 13.6. The van der Waals surface area contributed by atoms with Gasteiger partial charge in [0.05, 0.1) is 43.7 Å². The quantitative estimate of drug-likeness (QED) is 0.179. The molecule has 1 N–H and O–H groups in total. The van der Waals surface area contributed by atoms with Gasteiger partial charge in [0.15, 0.2) is 5.13 Å². The number of aliphatic hydroxyl groups excluding tert-OH is 1. The minimum absolute atomic E-state index is 0.0917. The molecule has 1 aliphatic rings. The zero-order valence-electron chi connectivity index (χ0n) is 21.8. The van der Waals surface area contributed by atoms with Crippen LogP contribution in [0.5, 0.6) is 23.0 Å². The van der Waals surface area contributed by atoms with Crippen LogP contribution in [0.1, 0.15) is 24.1 Å². The van der Waals surface area contributed by atoms with Crippen LogP contribution in [0.25, 0.3) is 16.0 Å². The Morgan fingerprint density at radius 2 is 1.62 bits per heavy atom. The number of hydrogen-bond acceptors (Lipinski definition) is 9. The number of Topliss-reactive ketones (excluding diaryl/α,β-unsaturated/α-hetero) is 1. The van der Waals surface area contributed by atoms with E-state index in [1.54, 1.807) is 54.6 Å². The van der Waals surface area contributed by atoms with Gasteiger partial charge in [-0.15, -0.1) is 0 Å². The van der Waals surface area contributed by atoms with Crippen LogP contribution in [0.3, 0.4) is 0 Å². The lowest BCUT2D eigenvalue weighted by atomic mass is 9.94. The van der Waals surface area contributed by atoms with Gasteiger partial charge in [-0.3, -0.25) is 14.5 Å². The van der Waals surface area contributed by atoms with Crippen LogP contribution in [-0.2, 0) is 9.59 Å². The molecule has 9 nitrogen and oxygen atoms in total. The molecule has 1 atom stereocenters. The van der Waals surface area contributed by atoms with Crippen molar-refractivity contribution in [1.29, 1.82) is 0 Å². The lowest BCUT2D eigenvalue weighted by Crippen LogP contribution is -2.29. The second kappa shape index (κ2) is 10.7. The molecule has 1 aromatic heterocycles. The fraction of sp³-hybridized carbons (Fsp3) is 0.207. The van der Waals surface area contributed by atoms with Gasteiger partial charge in [0.1, 0.15) is 34.8 Å². The van der Waals surface area contributed by atoms with Crippen molar-refractivity contribution in [1.82, 2.24) is 4.98 Å². The van der Waals surface area contributed by atoms with E-state index in [0.717, 1.165) is 4.70 Å². The number of rotatable bonds is 8. The molecule has 1 saturated heterocycles. The number of ether oxygens (including phenoxy) is 4. The first-order chi connectivity index (χ1) is 18.9. The van der Waals surface area contributed by atoms with E-state index in [4.69, 9.17) is 18.9 Å². The molecule has 0 aliphatic carbocycles. The number of ketones is 1. The maximum Gasteiger partial charge on any atom is 0.301 e. The Bertz CT molecular complexity index is 1590. The molecule has 0 radical (unpaired) electrons. The smallest absolute Gasteiger partial charge is 0.301 e. The average molecular weight is 547 g/mol. The number of carbonyl (C=O) groups is 2. The van der Waals surface area contributed by atoms with E-state index < -0.39 is 17.7 Å². The van der Waals surface area contributed by atoms with Crippen LogP contribution in [-0.4, -0.2) is 49.7 Å². The Hall–Kier alpha value is -4.57. The van der Waals surface area contributed by atoms with Crippen LogP contribution in [0, 0.1) is 0 Å². The van der Waals surface area contributed by atoms with Gasteiger partial charge >= 0.3 is 5.91 Å². The lowest BCUT2D eigenvalue weighted by Gasteiger charge is -2.25. The molecule has 39 heavy (non-hydrogen) atoms. The van der Waals surface area contributed by atoms with Crippen molar-refractivity contribution < 1.29 is 33.6 Å². The Morgan fingerprint density at radius 3 is 2.28 bits per heavy atom. The minimum atomic E-state index is -1.04. The normalized spacial score (nSPS) is 16.5. The first-order valence-corrected chi connectivity index (χ1v) is 12.9. The van der Waals surface area contributed by atoms with Gasteiger partial charge in [-0.25, -0.2) is 4.98 Å². The SMILES string of the molecule is CCOc1ccc2nc(N3C(=O)C(=O)C(=C(O)c4ccc(OC)cc4)[C@H]3c3cc(OC)ccc3OC)sc2c1. The Morgan fingerprint density at radius 1 is 0.923 bits per heavy atom. The maximum atomic E-state index is 13.6. The summed E-state index contributed by atoms with van der Waals surface area (Å²) in [6.45, 7) is 2.40. The third-order valence-electron chi connectivity index (χ3n) is 6.41. The number of aliphatic hydroxyl groups is 1. The topological polar surface area (TPSA) is 107 Å². The zero-order chi connectivity index (χ0) is 27.7. The van der Waals surface area contributed by atoms with E-state index in [2.05, 4.69) is 4.98 Å². The van der Waals surface area contributed by atoms with Gasteiger partial charge in [0.2, 0.25) is 0 Å². The van der Waals surface area contributed by atoms with Crippen molar-refractivity contribution in [3.63, 3.8) is 0 Å². The number of benzene rings is 3. The number of aromatic nitrogens is 1. The van der Waals surface area contributed by atoms with Gasteiger partial charge in [-0.1, -0.05) is 11.3 Å². The molecule has 10 heteroatoms. The minimum Gasteiger partial charge on any atom is -0.507 e. The third kappa shape index (κ3) is 4.63. The summed E-state index contributed by atoms with van der Waals surface area (Å²) in [7, 11) is 4.54. The summed E-state index contributed by atoms with van der Waals surface area (Å²) in [6, 6.07) is 16.1. The van der Waals surface area contributed by atoms with E-state index in [0.29, 0.717) is 51.4 Å². The molecule has 4 aromatic rings. The van der Waals surface area contributed by atoms with Crippen molar-refractivity contribution in [2.45, 2.75) is 13.0 Å². The molecular formula is C29H26N2O7S. The van der Waals surface area contributed by atoms with Gasteiger partial charge in [-0.05, 0) is 67.6 Å². The summed E-state index contributed by atoms with van der Waals surface area (Å²) in [4.78, 5) is 33.2. The largest absolute Gasteiger partial charge is 0.507 e. The van der Waals surface area contributed by atoms with E-state index in [1.807, 2.05) is 13.0 Å². The van der Waals surface area contributed by atoms with Crippen LogP contribution < -0.4 is 23.8 Å². The van der Waals surface area contributed by atoms with E-state index in [9.17, 15) is 14.7 Å². The first kappa shape index (κ1) is 26.1. The second-order valence-electron chi connectivity index (χ2n) is 8.56. The molecule has 0 spiro atoms. The summed E-state index contributed by atoms with van der Waals surface area (Å²) in [6.07, 6.45) is 0. The Kier molecular flexibility index (Phi) is 7.12. The fourth-order valence-electron chi connectivity index (χ4n) is 4.53. The predicted molar refractivity (Wildman–Crippen MR) is 148 cm³/mol. The summed E-state index contributed by atoms with van der Waals surface area (Å²) in [5.41, 5.74) is 1.37. The number of nitrogens with zero attached hydrogens (tertiary/aromatic N) is 2. The van der Waals surface area contributed by atoms with Gasteiger partial charge in [0, 0.05) is 11.1 Å². The zero-order valence-corrected chi connectivity index (χ0v) is 22.6. The van der Waals surface area contributed by atoms with E-state index in [-0.39, 0.29) is 11.3 Å². The molecule has 200 valence electrons. The third-order valence-corrected chi connectivity index (χ3v) is 7.42. The van der Waals surface area contributed by atoms with Crippen LogP contribution in [0.15, 0.2) is 66.2 Å². The van der Waals surface area contributed by atoms with Crippen LogP contribution >= 0.6 is 11.3 Å². The number of methoxy groups -OCH3 is 3. The van der Waals surface area contributed by atoms with Gasteiger partial charge in [-0.2, -0.15) is 0 Å². The fourth-order valence-corrected chi connectivity index (χ4v) is 5.55. The highest BCUT2D eigenvalue weighted by Crippen LogP contribution is 2.47. The molecule has 1 amide bonds. The van der Waals surface area contributed by atoms with Crippen molar-refractivity contribution in [3.8, 4) is 23.0 Å². The molecule has 5 rings (SSSR count). The molecular weight excluding hydrogens is 520 g/mol. The number of amides is 1. The van der Waals surface area contributed by atoms with Crippen molar-refractivity contribution >= 4 is 44.1 Å². The van der Waals surface area contributed by atoms with Crippen LogP contribution in [0.4, 0.5) is 5.13 Å². The molecule has 1 fully saturated rings. The molecule has 1 aliphatic heterocycles. The summed E-state index contributed by atoms with van der Waals surface area (Å²) < 4.78 is 22.7. The summed E-state index contributed by atoms with van der Waals surface area (Å²) in [5, 5.41) is 11.7. The molecule has 0 saturated carbocycles.